The first kappa shape index (κ1) is 15.1. The van der Waals surface area contributed by atoms with Gasteiger partial charge in [0.05, 0.1) is 5.69 Å². The molecule has 0 radical (unpaired) electrons. The number of pyridine rings is 1. The molecule has 0 unspecified atom stereocenters. The number of fused-ring (bicyclic) bond motifs is 2. The lowest BCUT2D eigenvalue weighted by Crippen LogP contribution is -2.24. The Bertz CT molecular complexity index is 990. The predicted molar refractivity (Wildman–Crippen MR) is 105 cm³/mol. The van der Waals surface area contributed by atoms with Crippen molar-refractivity contribution in [3.63, 3.8) is 0 Å². The highest BCUT2D eigenvalue weighted by Gasteiger charge is 2.35. The number of hydrogen-bond donors (Lipinski definition) is 0. The molecule has 0 N–H and O–H groups in total. The Labute approximate surface area is 150 Å². The van der Waals surface area contributed by atoms with Crippen molar-refractivity contribution in [2.24, 2.45) is 0 Å². The molecule has 1 fully saturated rings. The number of aromatic nitrogens is 1. The molecule has 0 atom stereocenters. The van der Waals surface area contributed by atoms with Gasteiger partial charge in [-0.25, -0.2) is 0 Å². The Balaban J connectivity index is 1.86. The molecule has 1 heteroatoms. The second kappa shape index (κ2) is 5.17. The first-order chi connectivity index (χ1) is 12.1. The molecule has 25 heavy (non-hydrogen) atoms. The summed E-state index contributed by atoms with van der Waals surface area (Å²) in [6, 6.07) is 14.0. The fraction of sp³-hybridized carbons (Fsp3) is 0.375. The average Bonchev–Trinajstić information content (AvgIpc) is 3.13. The second-order valence-electron chi connectivity index (χ2n) is 8.48. The van der Waals surface area contributed by atoms with Gasteiger partial charge < -0.3 is 0 Å². The van der Waals surface area contributed by atoms with Gasteiger partial charge in [-0.3, -0.25) is 4.98 Å². The van der Waals surface area contributed by atoms with E-state index in [4.69, 9.17) is 4.98 Å². The zero-order chi connectivity index (χ0) is 17.2. The second-order valence-corrected chi connectivity index (χ2v) is 8.48. The Hall–Kier alpha value is -2.15. The molecule has 0 aliphatic heterocycles. The summed E-state index contributed by atoms with van der Waals surface area (Å²) in [6.45, 7) is 6.93. The quantitative estimate of drug-likeness (QED) is 0.496. The first-order valence-corrected chi connectivity index (χ1v) is 9.60. The van der Waals surface area contributed by atoms with E-state index in [9.17, 15) is 0 Å². The van der Waals surface area contributed by atoms with Gasteiger partial charge in [0.1, 0.15) is 0 Å². The van der Waals surface area contributed by atoms with Crippen molar-refractivity contribution in [1.82, 2.24) is 4.98 Å². The summed E-state index contributed by atoms with van der Waals surface area (Å²) in [5, 5.41) is 2.73. The summed E-state index contributed by atoms with van der Waals surface area (Å²) in [4.78, 5) is 4.81. The molecule has 1 saturated carbocycles. The lowest BCUT2D eigenvalue weighted by atomic mass is 9.68. The summed E-state index contributed by atoms with van der Waals surface area (Å²) >= 11 is 0. The van der Waals surface area contributed by atoms with Crippen LogP contribution in [0.15, 0.2) is 42.6 Å². The van der Waals surface area contributed by atoms with Gasteiger partial charge in [-0.2, -0.15) is 0 Å². The van der Waals surface area contributed by atoms with E-state index < -0.39 is 0 Å². The number of nitrogens with zero attached hydrogens (tertiary/aromatic N) is 1. The van der Waals surface area contributed by atoms with Crippen LogP contribution in [0.3, 0.4) is 0 Å². The van der Waals surface area contributed by atoms with E-state index in [2.05, 4.69) is 57.2 Å². The Morgan fingerprint density at radius 3 is 2.56 bits per heavy atom. The van der Waals surface area contributed by atoms with E-state index in [1.54, 1.807) is 5.56 Å². The largest absolute Gasteiger partial charge is 0.256 e. The van der Waals surface area contributed by atoms with Gasteiger partial charge in [0.15, 0.2) is 0 Å². The molecule has 1 nitrogen and oxygen atoms in total. The van der Waals surface area contributed by atoms with E-state index in [0.717, 1.165) is 5.92 Å². The molecule has 0 saturated heterocycles. The molecule has 0 amide bonds. The van der Waals surface area contributed by atoms with Crippen LogP contribution in [0.25, 0.3) is 22.0 Å². The summed E-state index contributed by atoms with van der Waals surface area (Å²) < 4.78 is 0. The number of aryl methyl sites for hydroxylation is 1. The Morgan fingerprint density at radius 2 is 1.76 bits per heavy atom. The molecule has 126 valence electrons. The van der Waals surface area contributed by atoms with Crippen molar-refractivity contribution in [3.8, 4) is 11.3 Å². The van der Waals surface area contributed by atoms with Gasteiger partial charge in [-0.15, -0.1) is 0 Å². The van der Waals surface area contributed by atoms with Crippen LogP contribution in [0.4, 0.5) is 0 Å². The fourth-order valence-corrected chi connectivity index (χ4v) is 5.08. The maximum atomic E-state index is 4.81. The van der Waals surface area contributed by atoms with Crippen LogP contribution in [0.5, 0.6) is 0 Å². The lowest BCUT2D eigenvalue weighted by molar-refractivity contribution is 0.638. The highest BCUT2D eigenvalue weighted by molar-refractivity contribution is 6.01. The van der Waals surface area contributed by atoms with E-state index in [-0.39, 0.29) is 5.41 Å². The third kappa shape index (κ3) is 2.11. The molecule has 2 aliphatic rings. The topological polar surface area (TPSA) is 12.9 Å². The highest BCUT2D eigenvalue weighted by Crippen LogP contribution is 2.49. The number of rotatable bonds is 1. The van der Waals surface area contributed by atoms with E-state index in [1.165, 1.54) is 64.4 Å². The van der Waals surface area contributed by atoms with Crippen LogP contribution < -0.4 is 0 Å². The van der Waals surface area contributed by atoms with Gasteiger partial charge in [0, 0.05) is 22.6 Å². The minimum Gasteiger partial charge on any atom is -0.256 e. The monoisotopic (exact) mass is 327 g/mol. The normalized spacial score (nSPS) is 18.5. The van der Waals surface area contributed by atoms with E-state index >= 15 is 0 Å². The zero-order valence-electron chi connectivity index (χ0n) is 15.4. The minimum absolute atomic E-state index is 0.0198. The SMILES string of the molecule is Cc1ccc2c(c1)-c1nccc3cc(C4CCCC4)cc(c13)C2(C)C. The highest BCUT2D eigenvalue weighted by atomic mass is 14.7. The van der Waals surface area contributed by atoms with Gasteiger partial charge in [-0.1, -0.05) is 56.5 Å². The van der Waals surface area contributed by atoms with Crippen LogP contribution in [0, 0.1) is 6.92 Å². The van der Waals surface area contributed by atoms with Crippen molar-refractivity contribution in [2.75, 3.05) is 0 Å². The van der Waals surface area contributed by atoms with Crippen molar-refractivity contribution in [1.29, 1.82) is 0 Å². The molecule has 0 bridgehead atoms. The fourth-order valence-electron chi connectivity index (χ4n) is 5.08. The van der Waals surface area contributed by atoms with Gasteiger partial charge in [0.2, 0.25) is 0 Å². The molecule has 3 aromatic rings. The van der Waals surface area contributed by atoms with Crippen molar-refractivity contribution in [2.45, 2.75) is 57.8 Å². The lowest BCUT2D eigenvalue weighted by Gasteiger charge is -2.35. The Morgan fingerprint density at radius 1 is 0.960 bits per heavy atom. The predicted octanol–water partition coefficient (Wildman–Crippen LogP) is 6.51. The Kier molecular flexibility index (Phi) is 3.13. The standard InChI is InChI=1S/C24H25N/c1-15-8-9-20-19(12-15)23-22-17(10-11-25-23)13-18(16-6-4-5-7-16)14-21(22)24(20,2)3/h8-14,16H,4-7H2,1-3H3. The van der Waals surface area contributed by atoms with Crippen molar-refractivity contribution < 1.29 is 0 Å². The average molecular weight is 327 g/mol. The summed E-state index contributed by atoms with van der Waals surface area (Å²) in [6.07, 6.45) is 7.44. The van der Waals surface area contributed by atoms with E-state index in [0.29, 0.717) is 0 Å². The third-order valence-electron chi connectivity index (χ3n) is 6.49. The molecule has 5 rings (SSSR count). The van der Waals surface area contributed by atoms with Crippen LogP contribution in [0.1, 0.15) is 67.7 Å². The maximum absolute atomic E-state index is 4.81. The van der Waals surface area contributed by atoms with E-state index in [1.807, 2.05) is 6.20 Å². The van der Waals surface area contributed by atoms with Crippen LogP contribution >= 0.6 is 0 Å². The summed E-state index contributed by atoms with van der Waals surface area (Å²) in [5.41, 5.74) is 8.23. The zero-order valence-corrected chi connectivity index (χ0v) is 15.4. The molecule has 2 aromatic carbocycles. The maximum Gasteiger partial charge on any atom is 0.0786 e. The number of benzene rings is 2. The van der Waals surface area contributed by atoms with Gasteiger partial charge in [-0.05, 0) is 59.9 Å². The molecular weight excluding hydrogens is 302 g/mol. The molecular formula is C24H25N. The first-order valence-electron chi connectivity index (χ1n) is 9.60. The molecule has 1 aromatic heterocycles. The van der Waals surface area contributed by atoms with Gasteiger partial charge in [0.25, 0.3) is 0 Å². The van der Waals surface area contributed by atoms with Crippen LogP contribution in [-0.2, 0) is 5.41 Å². The smallest absolute Gasteiger partial charge is 0.0786 e. The minimum atomic E-state index is 0.0198. The van der Waals surface area contributed by atoms with Gasteiger partial charge >= 0.3 is 0 Å². The summed E-state index contributed by atoms with van der Waals surface area (Å²) in [5.74, 6) is 0.743. The summed E-state index contributed by atoms with van der Waals surface area (Å²) in [7, 11) is 0. The van der Waals surface area contributed by atoms with Crippen LogP contribution in [-0.4, -0.2) is 4.98 Å². The number of hydrogen-bond acceptors (Lipinski definition) is 1. The van der Waals surface area contributed by atoms with Crippen molar-refractivity contribution in [3.05, 3.63) is 64.8 Å². The third-order valence-corrected chi connectivity index (χ3v) is 6.49. The van der Waals surface area contributed by atoms with Crippen molar-refractivity contribution >= 4 is 10.8 Å². The molecule has 0 spiro atoms. The molecule has 2 aliphatic carbocycles. The molecule has 1 heterocycles. The van der Waals surface area contributed by atoms with Crippen LogP contribution in [0.2, 0.25) is 0 Å².